The first kappa shape index (κ1) is 15.7. The first-order valence-corrected chi connectivity index (χ1v) is 7.57. The zero-order chi connectivity index (χ0) is 16.4. The fraction of sp³-hybridized carbons (Fsp3) is 0.533. The van der Waals surface area contributed by atoms with Gasteiger partial charge in [0.25, 0.3) is 5.69 Å². The van der Waals surface area contributed by atoms with Gasteiger partial charge in [0.1, 0.15) is 5.75 Å². The highest BCUT2D eigenvalue weighted by Gasteiger charge is 2.26. The van der Waals surface area contributed by atoms with E-state index in [1.165, 1.54) is 6.07 Å². The first-order valence-electron chi connectivity index (χ1n) is 7.57. The SMILES string of the molecule is NC(=O)C1CCN(Cc2cc([N+](=O)[O-])cc3c2OCOC3)CC1. The second-order valence-electron chi connectivity index (χ2n) is 5.91. The van der Waals surface area contributed by atoms with Gasteiger partial charge in [-0.05, 0) is 25.9 Å². The molecule has 1 aromatic carbocycles. The Morgan fingerprint density at radius 1 is 1.39 bits per heavy atom. The number of nitro benzene ring substituents is 1. The van der Waals surface area contributed by atoms with E-state index >= 15 is 0 Å². The summed E-state index contributed by atoms with van der Waals surface area (Å²) in [6.07, 6.45) is 1.44. The van der Waals surface area contributed by atoms with E-state index in [1.54, 1.807) is 6.07 Å². The first-order chi connectivity index (χ1) is 11.0. The molecule has 0 atom stereocenters. The summed E-state index contributed by atoms with van der Waals surface area (Å²) < 4.78 is 10.8. The molecule has 8 heteroatoms. The average molecular weight is 321 g/mol. The Bertz CT molecular complexity index is 626. The Morgan fingerprint density at radius 3 is 2.78 bits per heavy atom. The lowest BCUT2D eigenvalue weighted by molar-refractivity contribution is -0.385. The van der Waals surface area contributed by atoms with E-state index in [4.69, 9.17) is 15.2 Å². The molecular formula is C15H19N3O5. The van der Waals surface area contributed by atoms with Gasteiger partial charge >= 0.3 is 0 Å². The minimum Gasteiger partial charge on any atom is -0.467 e. The summed E-state index contributed by atoms with van der Waals surface area (Å²) in [5.41, 5.74) is 6.87. The summed E-state index contributed by atoms with van der Waals surface area (Å²) in [5.74, 6) is 0.353. The minimum atomic E-state index is -0.405. The van der Waals surface area contributed by atoms with Gasteiger partial charge in [-0.25, -0.2) is 0 Å². The van der Waals surface area contributed by atoms with Crippen LogP contribution < -0.4 is 10.5 Å². The monoisotopic (exact) mass is 321 g/mol. The largest absolute Gasteiger partial charge is 0.467 e. The van der Waals surface area contributed by atoms with Crippen LogP contribution in [0.2, 0.25) is 0 Å². The van der Waals surface area contributed by atoms with Gasteiger partial charge in [-0.3, -0.25) is 19.8 Å². The number of ether oxygens (including phenoxy) is 2. The second-order valence-corrected chi connectivity index (χ2v) is 5.91. The Labute approximate surface area is 133 Å². The Morgan fingerprint density at radius 2 is 2.13 bits per heavy atom. The smallest absolute Gasteiger partial charge is 0.270 e. The quantitative estimate of drug-likeness (QED) is 0.658. The maximum absolute atomic E-state index is 11.2. The average Bonchev–Trinajstić information content (AvgIpc) is 2.55. The lowest BCUT2D eigenvalue weighted by atomic mass is 9.95. The summed E-state index contributed by atoms with van der Waals surface area (Å²) in [7, 11) is 0. The van der Waals surface area contributed by atoms with Crippen LogP contribution in [0.5, 0.6) is 5.75 Å². The molecular weight excluding hydrogens is 302 g/mol. The zero-order valence-electron chi connectivity index (χ0n) is 12.7. The summed E-state index contributed by atoms with van der Waals surface area (Å²) in [5, 5.41) is 11.1. The summed E-state index contributed by atoms with van der Waals surface area (Å²) in [6, 6.07) is 3.06. The van der Waals surface area contributed by atoms with Gasteiger partial charge in [-0.15, -0.1) is 0 Å². The van der Waals surface area contributed by atoms with Crippen LogP contribution in [0.4, 0.5) is 5.69 Å². The molecule has 1 saturated heterocycles. The number of rotatable bonds is 4. The number of nitrogens with two attached hydrogens (primary N) is 1. The van der Waals surface area contributed by atoms with Crippen LogP contribution in [0.1, 0.15) is 24.0 Å². The van der Waals surface area contributed by atoms with Crippen molar-refractivity contribution < 1.29 is 19.2 Å². The van der Waals surface area contributed by atoms with Crippen molar-refractivity contribution in [2.24, 2.45) is 11.7 Å². The maximum atomic E-state index is 11.2. The van der Waals surface area contributed by atoms with Crippen LogP contribution in [-0.4, -0.2) is 35.6 Å². The predicted molar refractivity (Wildman–Crippen MR) is 80.6 cm³/mol. The van der Waals surface area contributed by atoms with E-state index in [0.29, 0.717) is 24.5 Å². The molecule has 3 rings (SSSR count). The molecule has 2 N–H and O–H groups in total. The van der Waals surface area contributed by atoms with E-state index in [2.05, 4.69) is 4.90 Å². The highest BCUT2D eigenvalue weighted by atomic mass is 16.7. The number of amides is 1. The van der Waals surface area contributed by atoms with Crippen molar-refractivity contribution in [3.8, 4) is 5.75 Å². The molecule has 0 aliphatic carbocycles. The highest BCUT2D eigenvalue weighted by Crippen LogP contribution is 2.34. The zero-order valence-corrected chi connectivity index (χ0v) is 12.7. The van der Waals surface area contributed by atoms with E-state index in [-0.39, 0.29) is 24.3 Å². The van der Waals surface area contributed by atoms with Crippen LogP contribution in [0, 0.1) is 16.0 Å². The molecule has 124 valence electrons. The number of hydrogen-bond donors (Lipinski definition) is 1. The molecule has 1 aromatic rings. The molecule has 0 unspecified atom stereocenters. The molecule has 2 aliphatic heterocycles. The molecule has 0 spiro atoms. The molecule has 1 fully saturated rings. The van der Waals surface area contributed by atoms with Crippen molar-refractivity contribution in [3.63, 3.8) is 0 Å². The molecule has 0 aromatic heterocycles. The Balaban J connectivity index is 1.78. The van der Waals surface area contributed by atoms with Crippen molar-refractivity contribution in [3.05, 3.63) is 33.4 Å². The molecule has 0 bridgehead atoms. The van der Waals surface area contributed by atoms with Crippen molar-refractivity contribution >= 4 is 11.6 Å². The van der Waals surface area contributed by atoms with Crippen molar-refractivity contribution in [2.75, 3.05) is 19.9 Å². The second kappa shape index (κ2) is 6.51. The Kier molecular flexibility index (Phi) is 4.44. The number of fused-ring (bicyclic) bond motifs is 1. The van der Waals surface area contributed by atoms with Gasteiger partial charge in [0.05, 0.1) is 11.5 Å². The number of likely N-dealkylation sites (tertiary alicyclic amines) is 1. The molecule has 2 aliphatic rings. The Hall–Kier alpha value is -2.19. The fourth-order valence-corrected chi connectivity index (χ4v) is 3.12. The van der Waals surface area contributed by atoms with Gasteiger partial charge in [-0.2, -0.15) is 0 Å². The fourth-order valence-electron chi connectivity index (χ4n) is 3.12. The lowest BCUT2D eigenvalue weighted by Crippen LogP contribution is -2.38. The molecule has 1 amide bonds. The number of non-ortho nitro benzene ring substituents is 1. The molecule has 0 radical (unpaired) electrons. The number of nitrogens with zero attached hydrogens (tertiary/aromatic N) is 2. The van der Waals surface area contributed by atoms with Gasteiger partial charge in [-0.1, -0.05) is 0 Å². The van der Waals surface area contributed by atoms with Crippen LogP contribution in [0.15, 0.2) is 12.1 Å². The lowest BCUT2D eigenvalue weighted by Gasteiger charge is -2.31. The third-order valence-electron chi connectivity index (χ3n) is 4.37. The number of benzene rings is 1. The van der Waals surface area contributed by atoms with Crippen molar-refractivity contribution in [1.29, 1.82) is 0 Å². The third-order valence-corrected chi connectivity index (χ3v) is 4.37. The van der Waals surface area contributed by atoms with E-state index in [1.807, 2.05) is 0 Å². The van der Waals surface area contributed by atoms with Gasteiger partial charge in [0.15, 0.2) is 6.79 Å². The van der Waals surface area contributed by atoms with Crippen LogP contribution in [0.3, 0.4) is 0 Å². The topological polar surface area (TPSA) is 108 Å². The van der Waals surface area contributed by atoms with E-state index in [0.717, 1.165) is 31.5 Å². The molecule has 23 heavy (non-hydrogen) atoms. The molecule has 2 heterocycles. The summed E-state index contributed by atoms with van der Waals surface area (Å²) >= 11 is 0. The van der Waals surface area contributed by atoms with Crippen LogP contribution >= 0.6 is 0 Å². The number of piperidine rings is 1. The van der Waals surface area contributed by atoms with Gasteiger partial charge in [0.2, 0.25) is 5.91 Å². The highest BCUT2D eigenvalue weighted by molar-refractivity contribution is 5.76. The number of hydrogen-bond acceptors (Lipinski definition) is 6. The molecule has 0 saturated carbocycles. The van der Waals surface area contributed by atoms with Crippen molar-refractivity contribution in [2.45, 2.75) is 26.0 Å². The number of carbonyl (C=O) groups excluding carboxylic acids is 1. The summed E-state index contributed by atoms with van der Waals surface area (Å²) in [4.78, 5) is 24.1. The summed E-state index contributed by atoms with van der Waals surface area (Å²) in [6.45, 7) is 2.49. The predicted octanol–water partition coefficient (Wildman–Crippen LogP) is 1.16. The van der Waals surface area contributed by atoms with Crippen molar-refractivity contribution in [1.82, 2.24) is 4.90 Å². The number of carbonyl (C=O) groups is 1. The minimum absolute atomic E-state index is 0.0415. The molecule has 8 nitrogen and oxygen atoms in total. The number of nitro groups is 1. The van der Waals surface area contributed by atoms with Crippen LogP contribution in [-0.2, 0) is 22.7 Å². The normalized spacial score (nSPS) is 19.0. The number of primary amides is 1. The van der Waals surface area contributed by atoms with E-state index < -0.39 is 4.92 Å². The van der Waals surface area contributed by atoms with Gasteiger partial charge < -0.3 is 15.2 Å². The standard InChI is InChI=1S/C15H19N3O5/c16-15(19)10-1-3-17(4-2-10)7-11-5-13(18(20)21)6-12-8-22-9-23-14(11)12/h5-6,10H,1-4,7-9H2,(H2,16,19). The van der Waals surface area contributed by atoms with Gasteiger partial charge in [0, 0.05) is 35.7 Å². The van der Waals surface area contributed by atoms with Crippen LogP contribution in [0.25, 0.3) is 0 Å². The van der Waals surface area contributed by atoms with E-state index in [9.17, 15) is 14.9 Å². The maximum Gasteiger partial charge on any atom is 0.270 e. The third kappa shape index (κ3) is 3.43.